The van der Waals surface area contributed by atoms with Crippen LogP contribution in [0.15, 0.2) is 36.7 Å². The number of piperidine rings is 1. The molecule has 0 radical (unpaired) electrons. The van der Waals surface area contributed by atoms with Crippen molar-refractivity contribution in [1.29, 1.82) is 0 Å². The Balaban J connectivity index is 1.30. The van der Waals surface area contributed by atoms with Crippen LogP contribution >= 0.6 is 0 Å². The molecule has 3 aromatic heterocycles. The Hall–Kier alpha value is -3.41. The van der Waals surface area contributed by atoms with Gasteiger partial charge in [-0.05, 0) is 90.6 Å². The molecule has 0 aliphatic carbocycles. The van der Waals surface area contributed by atoms with Gasteiger partial charge in [0.15, 0.2) is 6.79 Å². The third kappa shape index (κ3) is 5.33. The minimum Gasteiger partial charge on any atom is -0.467 e. The van der Waals surface area contributed by atoms with E-state index >= 15 is 0 Å². The number of hydrogen-bond acceptors (Lipinski definition) is 9. The number of ether oxygens (including phenoxy) is 3. The van der Waals surface area contributed by atoms with Crippen molar-refractivity contribution < 1.29 is 14.2 Å². The van der Waals surface area contributed by atoms with E-state index in [4.69, 9.17) is 14.2 Å². The number of rotatable bonds is 7. The quantitative estimate of drug-likeness (QED) is 0.280. The number of benzene rings is 1. The van der Waals surface area contributed by atoms with Crippen LogP contribution in [0.4, 0.5) is 0 Å². The Morgan fingerprint density at radius 2 is 1.80 bits per heavy atom. The lowest BCUT2D eigenvalue weighted by Crippen LogP contribution is -2.58. The first-order valence-corrected chi connectivity index (χ1v) is 14.4. The fourth-order valence-corrected chi connectivity index (χ4v) is 6.35. The summed E-state index contributed by atoms with van der Waals surface area (Å²) in [5.74, 6) is 0.644. The fourth-order valence-electron chi connectivity index (χ4n) is 6.35. The predicted molar refractivity (Wildman–Crippen MR) is 155 cm³/mol. The summed E-state index contributed by atoms with van der Waals surface area (Å²) >= 11 is 0. The molecule has 11 heteroatoms. The van der Waals surface area contributed by atoms with E-state index in [1.807, 2.05) is 46.0 Å². The van der Waals surface area contributed by atoms with Gasteiger partial charge in [0.25, 0.3) is 0 Å². The van der Waals surface area contributed by atoms with E-state index in [0.717, 1.165) is 55.4 Å². The lowest BCUT2D eigenvalue weighted by molar-refractivity contribution is -0.0394. The van der Waals surface area contributed by atoms with Crippen molar-refractivity contribution in [3.63, 3.8) is 0 Å². The highest BCUT2D eigenvalue weighted by atomic mass is 16.7. The summed E-state index contributed by atoms with van der Waals surface area (Å²) in [6.07, 6.45) is 9.01. The van der Waals surface area contributed by atoms with Crippen LogP contribution in [0.1, 0.15) is 72.1 Å². The second kappa shape index (κ2) is 10.8. The van der Waals surface area contributed by atoms with Gasteiger partial charge in [0, 0.05) is 42.1 Å². The highest BCUT2D eigenvalue weighted by molar-refractivity contribution is 5.79. The van der Waals surface area contributed by atoms with Crippen molar-refractivity contribution in [2.24, 2.45) is 0 Å². The highest BCUT2D eigenvalue weighted by Gasteiger charge is 2.44. The number of likely N-dealkylation sites (tertiary alicyclic amines) is 1. The van der Waals surface area contributed by atoms with Gasteiger partial charge >= 0.3 is 0 Å². The molecule has 1 unspecified atom stereocenters. The third-order valence-electron chi connectivity index (χ3n) is 8.83. The molecule has 0 spiro atoms. The smallest absolute Gasteiger partial charge is 0.201 e. The molecular weight excluding hydrogens is 520 g/mol. The molecule has 0 N–H and O–H groups in total. The summed E-state index contributed by atoms with van der Waals surface area (Å²) < 4.78 is 21.0. The minimum absolute atomic E-state index is 0.0110. The summed E-state index contributed by atoms with van der Waals surface area (Å²) in [5.41, 5.74) is 4.89. The third-order valence-corrected chi connectivity index (χ3v) is 8.83. The topological polar surface area (TPSA) is 105 Å². The molecule has 218 valence electrons. The van der Waals surface area contributed by atoms with Gasteiger partial charge < -0.3 is 14.2 Å². The van der Waals surface area contributed by atoms with Crippen LogP contribution < -0.4 is 4.74 Å². The molecule has 5 heterocycles. The van der Waals surface area contributed by atoms with Crippen molar-refractivity contribution in [2.75, 3.05) is 27.6 Å². The predicted octanol–water partition coefficient (Wildman–Crippen LogP) is 5.26. The van der Waals surface area contributed by atoms with E-state index in [-0.39, 0.29) is 30.1 Å². The second-order valence-electron chi connectivity index (χ2n) is 12.5. The lowest BCUT2D eigenvalue weighted by Gasteiger charge is -2.53. The minimum atomic E-state index is -0.0110. The molecule has 0 amide bonds. The Bertz CT molecular complexity index is 1500. The number of aromatic nitrogens is 7. The molecule has 2 aliphatic heterocycles. The molecule has 1 atom stereocenters. The maximum atomic E-state index is 6.01. The molecular formula is C30H40N8O3. The summed E-state index contributed by atoms with van der Waals surface area (Å²) in [6.45, 7) is 10.0. The number of fused-ring (bicyclic) bond motifs is 1. The lowest BCUT2D eigenvalue weighted by atomic mass is 9.77. The van der Waals surface area contributed by atoms with Crippen molar-refractivity contribution in [1.82, 2.24) is 39.9 Å². The largest absolute Gasteiger partial charge is 0.467 e. The van der Waals surface area contributed by atoms with Crippen LogP contribution in [0, 0.1) is 0 Å². The van der Waals surface area contributed by atoms with E-state index in [9.17, 15) is 0 Å². The molecule has 11 nitrogen and oxygen atoms in total. The second-order valence-corrected chi connectivity index (χ2v) is 12.5. The average Bonchev–Trinajstić information content (AvgIpc) is 3.62. The van der Waals surface area contributed by atoms with Gasteiger partial charge in [-0.25, -0.2) is 9.36 Å². The normalized spacial score (nSPS) is 21.4. The number of methoxy groups -OCH3 is 1. The van der Waals surface area contributed by atoms with Crippen LogP contribution in [0.2, 0.25) is 0 Å². The summed E-state index contributed by atoms with van der Waals surface area (Å²) in [5, 5.41) is 22.9. The van der Waals surface area contributed by atoms with Gasteiger partial charge in [-0.2, -0.15) is 5.10 Å². The van der Waals surface area contributed by atoms with Gasteiger partial charge in [-0.3, -0.25) is 4.90 Å². The Kier molecular flexibility index (Phi) is 7.29. The van der Waals surface area contributed by atoms with Crippen LogP contribution in [0.3, 0.4) is 0 Å². The van der Waals surface area contributed by atoms with Gasteiger partial charge in [-0.15, -0.1) is 15.3 Å². The molecule has 2 aliphatic rings. The molecule has 41 heavy (non-hydrogen) atoms. The van der Waals surface area contributed by atoms with Crippen molar-refractivity contribution in [3.05, 3.63) is 36.7 Å². The van der Waals surface area contributed by atoms with Crippen molar-refractivity contribution in [2.45, 2.75) is 83.1 Å². The van der Waals surface area contributed by atoms with E-state index in [1.54, 1.807) is 7.11 Å². The monoisotopic (exact) mass is 560 g/mol. The van der Waals surface area contributed by atoms with Crippen molar-refractivity contribution >= 4 is 11.2 Å². The van der Waals surface area contributed by atoms with Gasteiger partial charge in [0.05, 0.1) is 17.9 Å². The van der Waals surface area contributed by atoms with E-state index < -0.39 is 0 Å². The molecule has 2 fully saturated rings. The zero-order valence-electron chi connectivity index (χ0n) is 24.9. The van der Waals surface area contributed by atoms with Gasteiger partial charge in [0.1, 0.15) is 17.5 Å². The summed E-state index contributed by atoms with van der Waals surface area (Å²) in [4.78, 5) is 2.46. The van der Waals surface area contributed by atoms with Crippen LogP contribution in [0.5, 0.6) is 5.75 Å². The zero-order valence-corrected chi connectivity index (χ0v) is 24.9. The van der Waals surface area contributed by atoms with Gasteiger partial charge in [-0.1, -0.05) is 11.3 Å². The maximum Gasteiger partial charge on any atom is 0.201 e. The number of nitrogens with zero attached hydrogens (tertiary/aromatic N) is 8. The van der Waals surface area contributed by atoms with Crippen molar-refractivity contribution in [3.8, 4) is 28.1 Å². The molecule has 2 saturated heterocycles. The Labute approximate surface area is 240 Å². The Morgan fingerprint density at radius 1 is 1.00 bits per heavy atom. The molecule has 1 aromatic carbocycles. The first-order chi connectivity index (χ1) is 19.7. The van der Waals surface area contributed by atoms with E-state index in [1.165, 1.54) is 0 Å². The van der Waals surface area contributed by atoms with Gasteiger partial charge in [0.2, 0.25) is 5.65 Å². The number of hydrogen-bond donors (Lipinski definition) is 0. The summed E-state index contributed by atoms with van der Waals surface area (Å²) in [7, 11) is 3.81. The Morgan fingerprint density at radius 3 is 2.54 bits per heavy atom. The van der Waals surface area contributed by atoms with Crippen LogP contribution in [-0.4, -0.2) is 78.5 Å². The molecule has 4 aromatic rings. The van der Waals surface area contributed by atoms with E-state index in [0.29, 0.717) is 22.6 Å². The standard InChI is InChI=1S/C30H40N8O3/c1-29(2)15-22(16-30(3,4)36(29)5)38-28-25(33-35-38)14-24(32-34-28)23-11-10-20(13-26(23)41-19-39-6)21-17-31-37(18-21)27-9-7-8-12-40-27/h10-11,13-14,17-18,22,27H,7-9,12,15-16,19H2,1-6H3. The van der Waals surface area contributed by atoms with Crippen LogP contribution in [-0.2, 0) is 9.47 Å². The zero-order chi connectivity index (χ0) is 28.8. The average molecular weight is 561 g/mol. The first-order valence-electron chi connectivity index (χ1n) is 14.4. The van der Waals surface area contributed by atoms with Crippen LogP contribution in [0.25, 0.3) is 33.5 Å². The SMILES string of the molecule is COCOc1cc(-c2cnn(C3CCCCO3)c2)ccc1-c1cc2nnn(C3CC(C)(C)N(C)C(C)(C)C3)c2nn1. The molecule has 0 saturated carbocycles. The highest BCUT2D eigenvalue weighted by Crippen LogP contribution is 2.43. The molecule has 6 rings (SSSR count). The fraction of sp³-hybridized carbons (Fsp3) is 0.567. The first kappa shape index (κ1) is 27.7. The summed E-state index contributed by atoms with van der Waals surface area (Å²) in [6, 6.07) is 8.15. The maximum absolute atomic E-state index is 6.01. The molecule has 0 bridgehead atoms. The van der Waals surface area contributed by atoms with E-state index in [2.05, 4.69) is 65.3 Å².